The summed E-state index contributed by atoms with van der Waals surface area (Å²) in [6, 6.07) is 0.130. The minimum absolute atomic E-state index is 0.0396. The molecule has 3 nitrogen and oxygen atoms in total. The molecule has 0 bridgehead atoms. The Bertz CT molecular complexity index is 206. The Morgan fingerprint density at radius 3 is 1.93 bits per heavy atom. The summed E-state index contributed by atoms with van der Waals surface area (Å²) in [7, 11) is 3.35. The monoisotopic (exact) mass is 215 g/mol. The molecule has 0 saturated carbocycles. The van der Waals surface area contributed by atoms with Crippen LogP contribution in [-0.4, -0.2) is 26.2 Å². The topological polar surface area (TPSA) is 38.3 Å². The van der Waals surface area contributed by atoms with Crippen molar-refractivity contribution in [2.45, 2.75) is 40.7 Å². The second-order valence-corrected chi connectivity index (χ2v) is 5.43. The molecule has 0 rings (SSSR count). The lowest BCUT2D eigenvalue weighted by Crippen LogP contribution is -2.49. The van der Waals surface area contributed by atoms with Crippen LogP contribution in [0, 0.1) is 17.3 Å². The van der Waals surface area contributed by atoms with Crippen LogP contribution < -0.4 is 5.32 Å². The van der Waals surface area contributed by atoms with Crippen LogP contribution in [0.2, 0.25) is 0 Å². The van der Waals surface area contributed by atoms with Gasteiger partial charge in [0.2, 0.25) is 0 Å². The van der Waals surface area contributed by atoms with Crippen LogP contribution in [0.4, 0.5) is 0 Å². The number of ether oxygens (including phenoxy) is 1. The van der Waals surface area contributed by atoms with Gasteiger partial charge in [-0.2, -0.15) is 0 Å². The Morgan fingerprint density at radius 2 is 1.73 bits per heavy atom. The van der Waals surface area contributed by atoms with Crippen molar-refractivity contribution in [2.24, 2.45) is 17.3 Å². The molecule has 0 spiro atoms. The Balaban J connectivity index is 4.96. The molecular weight excluding hydrogens is 190 g/mol. The third-order valence-electron chi connectivity index (χ3n) is 2.79. The van der Waals surface area contributed by atoms with Gasteiger partial charge in [0.1, 0.15) is 0 Å². The van der Waals surface area contributed by atoms with Gasteiger partial charge in [-0.1, -0.05) is 34.6 Å². The molecule has 0 aliphatic heterocycles. The van der Waals surface area contributed by atoms with Crippen molar-refractivity contribution in [1.29, 1.82) is 0 Å². The Kier molecular flexibility index (Phi) is 5.29. The predicted molar refractivity (Wildman–Crippen MR) is 62.6 cm³/mol. The number of methoxy groups -OCH3 is 1. The molecule has 0 saturated heterocycles. The highest BCUT2D eigenvalue weighted by Gasteiger charge is 2.37. The molecule has 2 unspecified atom stereocenters. The molecule has 0 amide bonds. The molecule has 3 heteroatoms. The molecule has 0 aliphatic rings. The summed E-state index contributed by atoms with van der Waals surface area (Å²) >= 11 is 0. The maximum Gasteiger partial charge on any atom is 0.310 e. The third-order valence-corrected chi connectivity index (χ3v) is 2.79. The first kappa shape index (κ1) is 14.4. The van der Waals surface area contributed by atoms with Crippen molar-refractivity contribution in [2.75, 3.05) is 14.2 Å². The summed E-state index contributed by atoms with van der Waals surface area (Å²) in [4.78, 5) is 11.7. The van der Waals surface area contributed by atoms with Crippen LogP contribution in [-0.2, 0) is 9.53 Å². The van der Waals surface area contributed by atoms with Crippen LogP contribution in [0.3, 0.4) is 0 Å². The van der Waals surface area contributed by atoms with E-state index < -0.39 is 0 Å². The van der Waals surface area contributed by atoms with Gasteiger partial charge in [-0.3, -0.25) is 4.79 Å². The summed E-state index contributed by atoms with van der Waals surface area (Å²) in [6.45, 7) is 10.5. The van der Waals surface area contributed by atoms with E-state index >= 15 is 0 Å². The van der Waals surface area contributed by atoms with Crippen LogP contribution in [0.15, 0.2) is 0 Å². The molecule has 0 heterocycles. The molecule has 0 radical (unpaired) electrons. The van der Waals surface area contributed by atoms with Crippen molar-refractivity contribution in [3.63, 3.8) is 0 Å². The largest absolute Gasteiger partial charge is 0.469 e. The van der Waals surface area contributed by atoms with Gasteiger partial charge in [0.15, 0.2) is 0 Å². The average Bonchev–Trinajstić information content (AvgIpc) is 2.09. The van der Waals surface area contributed by atoms with E-state index in [1.807, 2.05) is 7.05 Å². The van der Waals surface area contributed by atoms with Crippen molar-refractivity contribution < 1.29 is 9.53 Å². The van der Waals surface area contributed by atoms with Crippen LogP contribution in [0.5, 0.6) is 0 Å². The van der Waals surface area contributed by atoms with E-state index in [2.05, 4.69) is 39.9 Å². The van der Waals surface area contributed by atoms with Crippen molar-refractivity contribution in [3.8, 4) is 0 Å². The summed E-state index contributed by atoms with van der Waals surface area (Å²) in [5.41, 5.74) is 0.0396. The zero-order chi connectivity index (χ0) is 12.2. The molecule has 15 heavy (non-hydrogen) atoms. The van der Waals surface area contributed by atoms with Gasteiger partial charge in [-0.25, -0.2) is 0 Å². The molecule has 90 valence electrons. The second-order valence-electron chi connectivity index (χ2n) is 5.43. The van der Waals surface area contributed by atoms with Gasteiger partial charge >= 0.3 is 5.97 Å². The molecular formula is C12H25NO2. The van der Waals surface area contributed by atoms with Crippen molar-refractivity contribution >= 4 is 5.97 Å². The lowest BCUT2D eigenvalue weighted by Gasteiger charge is -2.37. The first-order valence-corrected chi connectivity index (χ1v) is 5.50. The molecule has 0 aromatic rings. The lowest BCUT2D eigenvalue weighted by molar-refractivity contribution is -0.149. The maximum atomic E-state index is 11.7. The van der Waals surface area contributed by atoms with Crippen LogP contribution >= 0.6 is 0 Å². The summed E-state index contributed by atoms with van der Waals surface area (Å²) in [6.07, 6.45) is 0. The average molecular weight is 215 g/mol. The number of hydrogen-bond acceptors (Lipinski definition) is 3. The fourth-order valence-corrected chi connectivity index (χ4v) is 2.08. The van der Waals surface area contributed by atoms with Crippen LogP contribution in [0.25, 0.3) is 0 Å². The molecule has 0 aliphatic carbocycles. The standard InChI is InChI=1S/C12H25NO2/c1-8(2)9(11(14)15-7)10(13-6)12(3,4)5/h8-10,13H,1-7H3. The minimum Gasteiger partial charge on any atom is -0.469 e. The van der Waals surface area contributed by atoms with Crippen molar-refractivity contribution in [3.05, 3.63) is 0 Å². The fourth-order valence-electron chi connectivity index (χ4n) is 2.08. The SMILES string of the molecule is CNC(C(C(=O)OC)C(C)C)C(C)(C)C. The van der Waals surface area contributed by atoms with E-state index in [0.717, 1.165) is 0 Å². The van der Waals surface area contributed by atoms with E-state index in [1.165, 1.54) is 7.11 Å². The highest BCUT2D eigenvalue weighted by Crippen LogP contribution is 2.30. The fraction of sp³-hybridized carbons (Fsp3) is 0.917. The number of esters is 1. The second kappa shape index (κ2) is 5.50. The molecule has 0 aromatic heterocycles. The van der Waals surface area contributed by atoms with E-state index in [4.69, 9.17) is 4.74 Å². The summed E-state index contributed by atoms with van der Waals surface area (Å²) < 4.78 is 4.87. The van der Waals surface area contributed by atoms with Gasteiger partial charge in [0.05, 0.1) is 13.0 Å². The van der Waals surface area contributed by atoms with E-state index in [9.17, 15) is 4.79 Å². The van der Waals surface area contributed by atoms with Gasteiger partial charge < -0.3 is 10.1 Å². The number of hydrogen-bond donors (Lipinski definition) is 1. The Morgan fingerprint density at radius 1 is 1.27 bits per heavy atom. The maximum absolute atomic E-state index is 11.7. The Labute approximate surface area is 93.6 Å². The first-order chi connectivity index (χ1) is 6.75. The lowest BCUT2D eigenvalue weighted by atomic mass is 9.74. The van der Waals surface area contributed by atoms with Gasteiger partial charge in [0.25, 0.3) is 0 Å². The smallest absolute Gasteiger partial charge is 0.310 e. The highest BCUT2D eigenvalue weighted by atomic mass is 16.5. The number of carbonyl (C=O) groups is 1. The third kappa shape index (κ3) is 3.82. The van der Waals surface area contributed by atoms with Crippen molar-refractivity contribution in [1.82, 2.24) is 5.32 Å². The van der Waals surface area contributed by atoms with Gasteiger partial charge in [-0.15, -0.1) is 0 Å². The van der Waals surface area contributed by atoms with Gasteiger partial charge in [0, 0.05) is 6.04 Å². The zero-order valence-electron chi connectivity index (χ0n) is 11.0. The van der Waals surface area contributed by atoms with E-state index in [1.54, 1.807) is 0 Å². The normalized spacial score (nSPS) is 16.3. The van der Waals surface area contributed by atoms with Gasteiger partial charge in [-0.05, 0) is 18.4 Å². The predicted octanol–water partition coefficient (Wildman–Crippen LogP) is 2.07. The Hall–Kier alpha value is -0.570. The number of nitrogens with one attached hydrogen (secondary N) is 1. The van der Waals surface area contributed by atoms with E-state index in [0.29, 0.717) is 0 Å². The highest BCUT2D eigenvalue weighted by molar-refractivity contribution is 5.73. The van der Waals surface area contributed by atoms with E-state index in [-0.39, 0.29) is 29.3 Å². The minimum atomic E-state index is -0.126. The molecule has 1 N–H and O–H groups in total. The number of carbonyl (C=O) groups excluding carboxylic acids is 1. The summed E-state index contributed by atoms with van der Waals surface area (Å²) in [5.74, 6) is 0.0494. The summed E-state index contributed by atoms with van der Waals surface area (Å²) in [5, 5.41) is 3.24. The molecule has 0 fully saturated rings. The quantitative estimate of drug-likeness (QED) is 0.730. The zero-order valence-corrected chi connectivity index (χ0v) is 11.0. The first-order valence-electron chi connectivity index (χ1n) is 5.50. The molecule has 2 atom stereocenters. The van der Waals surface area contributed by atoms with Crippen LogP contribution in [0.1, 0.15) is 34.6 Å². The number of rotatable bonds is 4. The molecule has 0 aromatic carbocycles.